The van der Waals surface area contributed by atoms with Crippen LogP contribution in [0.1, 0.15) is 15.9 Å². The third kappa shape index (κ3) is 5.07. The molecule has 29 heavy (non-hydrogen) atoms. The Kier molecular flexibility index (Phi) is 6.41. The summed E-state index contributed by atoms with van der Waals surface area (Å²) in [4.78, 5) is 12.4. The zero-order valence-corrected chi connectivity index (χ0v) is 17.1. The lowest BCUT2D eigenvalue weighted by molar-refractivity contribution is 0.0950. The average Bonchev–Trinajstić information content (AvgIpc) is 2.74. The lowest BCUT2D eigenvalue weighted by Gasteiger charge is -2.11. The fraction of sp³-hybridized carbons (Fsp3) is 0.0952. The number of rotatable bonds is 7. The Balaban J connectivity index is 1.69. The number of amides is 1. The Morgan fingerprint density at radius 2 is 1.62 bits per heavy atom. The number of para-hydroxylation sites is 2. The second-order valence-corrected chi connectivity index (χ2v) is 8.19. The number of anilines is 1. The van der Waals surface area contributed by atoms with Crippen LogP contribution in [-0.2, 0) is 16.6 Å². The van der Waals surface area contributed by atoms with Crippen molar-refractivity contribution in [2.75, 3.05) is 11.8 Å². The van der Waals surface area contributed by atoms with E-state index in [1.807, 2.05) is 24.3 Å². The molecule has 3 rings (SSSR count). The van der Waals surface area contributed by atoms with E-state index in [1.54, 1.807) is 31.4 Å². The molecule has 0 heterocycles. The van der Waals surface area contributed by atoms with Crippen molar-refractivity contribution in [3.63, 3.8) is 0 Å². The topological polar surface area (TPSA) is 84.5 Å². The van der Waals surface area contributed by atoms with Gasteiger partial charge < -0.3 is 10.1 Å². The summed E-state index contributed by atoms with van der Waals surface area (Å²) in [6, 6.07) is 19.6. The molecule has 0 aliphatic heterocycles. The van der Waals surface area contributed by atoms with E-state index >= 15 is 0 Å². The molecule has 6 nitrogen and oxygen atoms in total. The fourth-order valence-corrected chi connectivity index (χ4v) is 3.98. The second kappa shape index (κ2) is 8.98. The molecule has 0 aliphatic carbocycles. The van der Waals surface area contributed by atoms with Gasteiger partial charge >= 0.3 is 0 Å². The van der Waals surface area contributed by atoms with Gasteiger partial charge in [0.1, 0.15) is 5.75 Å². The van der Waals surface area contributed by atoms with Crippen LogP contribution in [0.15, 0.2) is 77.7 Å². The van der Waals surface area contributed by atoms with Crippen LogP contribution in [-0.4, -0.2) is 21.4 Å². The summed E-state index contributed by atoms with van der Waals surface area (Å²) >= 11 is 6.00. The average molecular weight is 431 g/mol. The van der Waals surface area contributed by atoms with E-state index in [0.717, 1.165) is 5.56 Å². The van der Waals surface area contributed by atoms with E-state index in [4.69, 9.17) is 16.3 Å². The van der Waals surface area contributed by atoms with Crippen LogP contribution in [0.25, 0.3) is 0 Å². The smallest absolute Gasteiger partial charge is 0.261 e. The number of carbonyl (C=O) groups is 1. The van der Waals surface area contributed by atoms with Gasteiger partial charge in [0.25, 0.3) is 15.9 Å². The van der Waals surface area contributed by atoms with Crippen molar-refractivity contribution >= 4 is 33.2 Å². The zero-order chi connectivity index (χ0) is 20.9. The molecule has 0 spiro atoms. The third-order valence-corrected chi connectivity index (χ3v) is 5.89. The number of benzene rings is 3. The van der Waals surface area contributed by atoms with Crippen LogP contribution in [0, 0.1) is 0 Å². The van der Waals surface area contributed by atoms with Crippen LogP contribution in [0.2, 0.25) is 5.02 Å². The van der Waals surface area contributed by atoms with Crippen LogP contribution in [0.5, 0.6) is 5.75 Å². The highest BCUT2D eigenvalue weighted by Crippen LogP contribution is 2.24. The molecule has 3 aromatic carbocycles. The third-order valence-electron chi connectivity index (χ3n) is 4.18. The summed E-state index contributed by atoms with van der Waals surface area (Å²) in [5.74, 6) is 0.360. The maximum absolute atomic E-state index is 12.5. The van der Waals surface area contributed by atoms with Crippen molar-refractivity contribution in [3.05, 3.63) is 88.9 Å². The van der Waals surface area contributed by atoms with Gasteiger partial charge in [-0.1, -0.05) is 41.9 Å². The number of halogens is 1. The van der Waals surface area contributed by atoms with E-state index in [9.17, 15) is 13.2 Å². The molecule has 0 fully saturated rings. The van der Waals surface area contributed by atoms with Crippen LogP contribution < -0.4 is 14.8 Å². The van der Waals surface area contributed by atoms with Gasteiger partial charge in [-0.25, -0.2) is 8.42 Å². The maximum Gasteiger partial charge on any atom is 0.261 e. The number of hydrogen-bond donors (Lipinski definition) is 2. The summed E-state index contributed by atoms with van der Waals surface area (Å²) in [6.07, 6.45) is 0. The Bertz CT molecular complexity index is 1120. The standard InChI is InChI=1S/C21H19ClN2O4S/c1-28-20-9-5-2-6-16(20)14-23-21(25)15-10-12-17(13-11-15)29(26,27)24-19-8-4-3-7-18(19)22/h2-13,24H,14H2,1H3,(H,23,25). The van der Waals surface area contributed by atoms with Gasteiger partial charge in [-0.05, 0) is 42.5 Å². The minimum absolute atomic E-state index is 0.0266. The number of sulfonamides is 1. The lowest BCUT2D eigenvalue weighted by atomic mass is 10.2. The van der Waals surface area contributed by atoms with Crippen molar-refractivity contribution in [3.8, 4) is 5.75 Å². The number of hydrogen-bond acceptors (Lipinski definition) is 4. The first kappa shape index (κ1) is 20.7. The molecule has 0 unspecified atom stereocenters. The Morgan fingerprint density at radius 3 is 2.31 bits per heavy atom. The first-order valence-electron chi connectivity index (χ1n) is 8.68. The Morgan fingerprint density at radius 1 is 0.966 bits per heavy atom. The summed E-state index contributed by atoms with van der Waals surface area (Å²) in [5, 5.41) is 3.09. The fourth-order valence-electron chi connectivity index (χ4n) is 2.66. The minimum Gasteiger partial charge on any atom is -0.496 e. The van der Waals surface area contributed by atoms with Gasteiger partial charge in [0.15, 0.2) is 0 Å². The predicted octanol–water partition coefficient (Wildman–Crippen LogP) is 4.08. The molecule has 0 radical (unpaired) electrons. The number of nitrogens with one attached hydrogen (secondary N) is 2. The molecular formula is C21H19ClN2O4S. The van der Waals surface area contributed by atoms with E-state index in [2.05, 4.69) is 10.0 Å². The van der Waals surface area contributed by atoms with Crippen molar-refractivity contribution in [1.29, 1.82) is 0 Å². The van der Waals surface area contributed by atoms with Gasteiger partial charge in [-0.3, -0.25) is 9.52 Å². The maximum atomic E-state index is 12.5. The van der Waals surface area contributed by atoms with Gasteiger partial charge in [-0.15, -0.1) is 0 Å². The number of carbonyl (C=O) groups excluding carboxylic acids is 1. The molecule has 1 amide bonds. The van der Waals surface area contributed by atoms with Crippen LogP contribution >= 0.6 is 11.6 Å². The van der Waals surface area contributed by atoms with E-state index in [0.29, 0.717) is 16.3 Å². The minimum atomic E-state index is -3.83. The van der Waals surface area contributed by atoms with Crippen LogP contribution in [0.4, 0.5) is 5.69 Å². The van der Waals surface area contributed by atoms with Crippen molar-refractivity contribution < 1.29 is 17.9 Å². The van der Waals surface area contributed by atoms with Gasteiger partial charge in [0, 0.05) is 17.7 Å². The summed E-state index contributed by atoms with van der Waals surface area (Å²) < 4.78 is 32.8. The molecule has 8 heteroatoms. The van der Waals surface area contributed by atoms with Crippen molar-refractivity contribution in [2.24, 2.45) is 0 Å². The van der Waals surface area contributed by atoms with Gasteiger partial charge in [-0.2, -0.15) is 0 Å². The lowest BCUT2D eigenvalue weighted by Crippen LogP contribution is -2.23. The summed E-state index contributed by atoms with van der Waals surface area (Å²) in [7, 11) is -2.26. The first-order valence-corrected chi connectivity index (χ1v) is 10.5. The molecule has 0 saturated heterocycles. The molecule has 3 aromatic rings. The predicted molar refractivity (Wildman–Crippen MR) is 113 cm³/mol. The Labute approximate surface area is 174 Å². The number of ether oxygens (including phenoxy) is 1. The van der Waals surface area contributed by atoms with Crippen molar-refractivity contribution in [2.45, 2.75) is 11.4 Å². The zero-order valence-electron chi connectivity index (χ0n) is 15.6. The largest absolute Gasteiger partial charge is 0.496 e. The molecule has 0 atom stereocenters. The quantitative estimate of drug-likeness (QED) is 0.591. The molecule has 150 valence electrons. The van der Waals surface area contributed by atoms with Gasteiger partial charge in [0.2, 0.25) is 0 Å². The van der Waals surface area contributed by atoms with Crippen molar-refractivity contribution in [1.82, 2.24) is 5.32 Å². The molecule has 0 bridgehead atoms. The van der Waals surface area contributed by atoms with E-state index in [1.165, 1.54) is 24.3 Å². The number of methoxy groups -OCH3 is 1. The van der Waals surface area contributed by atoms with E-state index in [-0.39, 0.29) is 23.0 Å². The highest BCUT2D eigenvalue weighted by molar-refractivity contribution is 7.92. The van der Waals surface area contributed by atoms with Crippen LogP contribution in [0.3, 0.4) is 0 Å². The monoisotopic (exact) mass is 430 g/mol. The normalized spacial score (nSPS) is 11.0. The SMILES string of the molecule is COc1ccccc1CNC(=O)c1ccc(S(=O)(=O)Nc2ccccc2Cl)cc1. The highest BCUT2D eigenvalue weighted by atomic mass is 35.5. The molecular weight excluding hydrogens is 412 g/mol. The molecule has 2 N–H and O–H groups in total. The Hall–Kier alpha value is -3.03. The molecule has 0 aromatic heterocycles. The molecule has 0 aliphatic rings. The summed E-state index contributed by atoms with van der Waals surface area (Å²) in [6.45, 7) is 0.289. The van der Waals surface area contributed by atoms with E-state index < -0.39 is 10.0 Å². The highest BCUT2D eigenvalue weighted by Gasteiger charge is 2.16. The second-order valence-electron chi connectivity index (χ2n) is 6.10. The first-order chi connectivity index (χ1) is 13.9. The summed E-state index contributed by atoms with van der Waals surface area (Å²) in [5.41, 5.74) is 1.47. The molecule has 0 saturated carbocycles. The van der Waals surface area contributed by atoms with Gasteiger partial charge in [0.05, 0.1) is 22.7 Å².